The molecule has 4 aliphatic carbocycles. The highest BCUT2D eigenvalue weighted by molar-refractivity contribution is 5.74. The normalized spacial score (nSPS) is 44.6. The number of amides is 2. The minimum absolute atomic E-state index is 0.00711. The minimum atomic E-state index is -0.839. The molecule has 0 bridgehead atoms. The molecule has 2 heterocycles. The van der Waals surface area contributed by atoms with Gasteiger partial charge in [-0.25, -0.2) is 9.59 Å². The third kappa shape index (κ3) is 4.19. The van der Waals surface area contributed by atoms with Crippen molar-refractivity contribution < 1.29 is 19.4 Å². The molecule has 216 valence electrons. The molecule has 1 aromatic heterocycles. The van der Waals surface area contributed by atoms with Crippen LogP contribution in [-0.4, -0.2) is 76.5 Å². The first-order valence-electron chi connectivity index (χ1n) is 15.3. The van der Waals surface area contributed by atoms with Gasteiger partial charge in [0.25, 0.3) is 0 Å². The van der Waals surface area contributed by atoms with Gasteiger partial charge >= 0.3 is 11.7 Å². The van der Waals surface area contributed by atoms with Crippen LogP contribution in [0.1, 0.15) is 89.5 Å². The molecule has 0 unspecified atom stereocenters. The van der Waals surface area contributed by atoms with Crippen molar-refractivity contribution in [2.75, 3.05) is 33.2 Å². The Bertz CT molecular complexity index is 1140. The summed E-state index contributed by atoms with van der Waals surface area (Å²) in [5.41, 5.74) is -1.53. The average Bonchev–Trinajstić information content (AvgIpc) is 3.02. The standard InChI is InChI=1S/C31H47N3O5/c1-28-11-7-22(32-27(36)34-16-4-15-33(3)17-18-34)19-30(28,37)13-9-25-24(28)8-12-29(2)23(10-14-31(25,29)38)21-5-6-26(35)39-20-21/h5-6,20,22-25,37-38H,4,7-19H2,1-3H3,(H,32,36)/t22-,23+,24-,25+,28+,29+,30-,31-/m0/s1. The van der Waals surface area contributed by atoms with Crippen LogP contribution in [0.4, 0.5) is 4.79 Å². The summed E-state index contributed by atoms with van der Waals surface area (Å²) in [7, 11) is 2.10. The van der Waals surface area contributed by atoms with Crippen LogP contribution >= 0.6 is 0 Å². The van der Waals surface area contributed by atoms with Crippen molar-refractivity contribution in [3.63, 3.8) is 0 Å². The minimum Gasteiger partial charge on any atom is -0.431 e. The van der Waals surface area contributed by atoms with Crippen molar-refractivity contribution in [2.45, 2.75) is 101 Å². The summed E-state index contributed by atoms with van der Waals surface area (Å²) >= 11 is 0. The van der Waals surface area contributed by atoms with E-state index in [-0.39, 0.29) is 46.3 Å². The fourth-order valence-electron chi connectivity index (χ4n) is 9.96. The summed E-state index contributed by atoms with van der Waals surface area (Å²) in [4.78, 5) is 28.9. The molecule has 3 N–H and O–H groups in total. The second kappa shape index (κ2) is 9.59. The maximum Gasteiger partial charge on any atom is 0.335 e. The van der Waals surface area contributed by atoms with Crippen LogP contribution in [0.3, 0.4) is 0 Å². The SMILES string of the molecule is CN1CCCN(C(=O)N[C@H]2CC[C@]3(C)[C@H]4CC[C@]5(C)[C@@H](c6ccc(=O)oc6)CC[C@]5(O)[C@@H]4CC[C@]3(O)C2)CC1. The van der Waals surface area contributed by atoms with E-state index >= 15 is 0 Å². The van der Waals surface area contributed by atoms with Gasteiger partial charge in [-0.15, -0.1) is 0 Å². The van der Waals surface area contributed by atoms with Gasteiger partial charge in [0.15, 0.2) is 0 Å². The van der Waals surface area contributed by atoms with Crippen LogP contribution in [0.5, 0.6) is 0 Å². The third-order valence-electron chi connectivity index (χ3n) is 12.5. The van der Waals surface area contributed by atoms with Crippen molar-refractivity contribution in [1.29, 1.82) is 0 Å². The van der Waals surface area contributed by atoms with Gasteiger partial charge in [0, 0.05) is 37.2 Å². The fourth-order valence-corrected chi connectivity index (χ4v) is 9.96. The third-order valence-corrected chi connectivity index (χ3v) is 12.5. The van der Waals surface area contributed by atoms with E-state index in [0.717, 1.165) is 83.1 Å². The Morgan fingerprint density at radius 2 is 1.72 bits per heavy atom. The average molecular weight is 542 g/mol. The van der Waals surface area contributed by atoms with Gasteiger partial charge in [-0.3, -0.25) is 0 Å². The number of nitrogens with one attached hydrogen (secondary N) is 1. The molecule has 6 rings (SSSR count). The number of rotatable bonds is 2. The molecule has 0 spiro atoms. The van der Waals surface area contributed by atoms with E-state index in [1.165, 1.54) is 6.07 Å². The summed E-state index contributed by atoms with van der Waals surface area (Å²) < 4.78 is 5.22. The van der Waals surface area contributed by atoms with E-state index in [2.05, 4.69) is 31.1 Å². The van der Waals surface area contributed by atoms with Gasteiger partial charge in [0.1, 0.15) is 0 Å². The molecule has 0 aromatic carbocycles. The number of hydrogen-bond acceptors (Lipinski definition) is 6. The lowest BCUT2D eigenvalue weighted by molar-refractivity contribution is -0.247. The molecule has 1 aromatic rings. The zero-order valence-electron chi connectivity index (χ0n) is 24.0. The highest BCUT2D eigenvalue weighted by Gasteiger charge is 2.70. The van der Waals surface area contributed by atoms with Crippen molar-refractivity contribution in [3.8, 4) is 0 Å². The van der Waals surface area contributed by atoms with E-state index in [1.807, 2.05) is 11.0 Å². The molecule has 39 heavy (non-hydrogen) atoms. The molecule has 5 fully saturated rings. The van der Waals surface area contributed by atoms with Gasteiger partial charge in [-0.1, -0.05) is 13.8 Å². The Labute approximate surface area is 232 Å². The lowest BCUT2D eigenvalue weighted by atomic mass is 9.42. The Morgan fingerprint density at radius 1 is 0.949 bits per heavy atom. The molecule has 5 aliphatic rings. The summed E-state index contributed by atoms with van der Waals surface area (Å²) in [5, 5.41) is 28.0. The van der Waals surface area contributed by atoms with Crippen molar-refractivity contribution in [3.05, 3.63) is 34.4 Å². The molecular formula is C31H47N3O5. The topological polar surface area (TPSA) is 106 Å². The quantitative estimate of drug-likeness (QED) is 0.527. The maximum absolute atomic E-state index is 13.1. The van der Waals surface area contributed by atoms with Crippen LogP contribution in [-0.2, 0) is 0 Å². The van der Waals surface area contributed by atoms with Crippen LogP contribution in [0.15, 0.2) is 27.6 Å². The monoisotopic (exact) mass is 541 g/mol. The first-order valence-corrected chi connectivity index (χ1v) is 15.3. The predicted octanol–water partition coefficient (Wildman–Crippen LogP) is 3.71. The number of fused-ring (bicyclic) bond motifs is 5. The molecule has 2 amide bonds. The van der Waals surface area contributed by atoms with Gasteiger partial charge in [0.05, 0.1) is 17.5 Å². The van der Waals surface area contributed by atoms with Crippen molar-refractivity contribution >= 4 is 6.03 Å². The molecule has 1 aliphatic heterocycles. The summed E-state index contributed by atoms with van der Waals surface area (Å²) in [6, 6.07) is 3.35. The first kappa shape index (κ1) is 27.3. The largest absolute Gasteiger partial charge is 0.431 e. The van der Waals surface area contributed by atoms with E-state index in [0.29, 0.717) is 12.8 Å². The summed E-state index contributed by atoms with van der Waals surface area (Å²) in [6.07, 6.45) is 9.86. The number of nitrogens with zero attached hydrogens (tertiary/aromatic N) is 2. The molecule has 8 heteroatoms. The maximum atomic E-state index is 13.1. The molecule has 1 saturated heterocycles. The van der Waals surface area contributed by atoms with Gasteiger partial charge in [-0.05, 0) is 113 Å². The number of likely N-dealkylation sites (N-methyl/N-ethyl adjacent to an activating group) is 1. The number of hydrogen-bond donors (Lipinski definition) is 3. The van der Waals surface area contributed by atoms with E-state index in [1.54, 1.807) is 6.26 Å². The molecular weight excluding hydrogens is 494 g/mol. The van der Waals surface area contributed by atoms with E-state index in [4.69, 9.17) is 4.42 Å². The Balaban J connectivity index is 1.18. The second-order valence-electron chi connectivity index (χ2n) is 14.1. The zero-order chi connectivity index (χ0) is 27.6. The smallest absolute Gasteiger partial charge is 0.335 e. The summed E-state index contributed by atoms with van der Waals surface area (Å²) in [5.74, 6) is 0.549. The van der Waals surface area contributed by atoms with E-state index < -0.39 is 11.2 Å². The van der Waals surface area contributed by atoms with Crippen LogP contribution < -0.4 is 10.9 Å². The number of urea groups is 1. The zero-order valence-corrected chi connectivity index (χ0v) is 24.0. The van der Waals surface area contributed by atoms with Crippen LogP contribution in [0.2, 0.25) is 0 Å². The molecule has 8 nitrogen and oxygen atoms in total. The first-order chi connectivity index (χ1) is 18.5. The number of carbonyl (C=O) groups excluding carboxylic acids is 1. The van der Waals surface area contributed by atoms with Crippen molar-refractivity contribution in [1.82, 2.24) is 15.1 Å². The number of aliphatic hydroxyl groups is 2. The van der Waals surface area contributed by atoms with E-state index in [9.17, 15) is 19.8 Å². The van der Waals surface area contributed by atoms with Crippen LogP contribution in [0, 0.1) is 22.7 Å². The van der Waals surface area contributed by atoms with Gasteiger partial charge in [-0.2, -0.15) is 0 Å². The Morgan fingerprint density at radius 3 is 2.49 bits per heavy atom. The Hall–Kier alpha value is -1.90. The number of carbonyl (C=O) groups is 1. The van der Waals surface area contributed by atoms with Gasteiger partial charge < -0.3 is 29.7 Å². The molecule has 4 saturated carbocycles. The van der Waals surface area contributed by atoms with Crippen molar-refractivity contribution in [2.24, 2.45) is 22.7 Å². The highest BCUT2D eigenvalue weighted by atomic mass is 16.4. The molecule has 8 atom stereocenters. The molecule has 0 radical (unpaired) electrons. The Kier molecular flexibility index (Phi) is 6.71. The second-order valence-corrected chi connectivity index (χ2v) is 14.1. The summed E-state index contributed by atoms with van der Waals surface area (Å²) in [6.45, 7) is 7.93. The van der Waals surface area contributed by atoms with Crippen LogP contribution in [0.25, 0.3) is 0 Å². The lowest BCUT2D eigenvalue weighted by Crippen LogP contribution is -2.68. The van der Waals surface area contributed by atoms with Gasteiger partial charge in [0.2, 0.25) is 0 Å². The fraction of sp³-hybridized carbons (Fsp3) is 0.806. The highest BCUT2D eigenvalue weighted by Crippen LogP contribution is 2.71. The lowest BCUT2D eigenvalue weighted by Gasteiger charge is -2.66. The predicted molar refractivity (Wildman–Crippen MR) is 148 cm³/mol.